The number of ether oxygens (including phenoxy) is 2. The van der Waals surface area contributed by atoms with E-state index in [1.165, 1.54) is 0 Å². The molecule has 0 aliphatic carbocycles. The van der Waals surface area contributed by atoms with Gasteiger partial charge in [-0.1, -0.05) is 13.8 Å². The Morgan fingerprint density at radius 1 is 1.26 bits per heavy atom. The van der Waals surface area contributed by atoms with Crippen LogP contribution in [-0.2, 0) is 0 Å². The molecule has 104 valence electrons. The van der Waals surface area contributed by atoms with Crippen LogP contribution in [-0.4, -0.2) is 27.8 Å². The lowest BCUT2D eigenvalue weighted by Gasteiger charge is -2.25. The third kappa shape index (κ3) is 3.78. The molecule has 0 heterocycles. The van der Waals surface area contributed by atoms with E-state index in [4.69, 9.17) is 9.47 Å². The van der Waals surface area contributed by atoms with Crippen LogP contribution in [0.4, 0.5) is 5.69 Å². The van der Waals surface area contributed by atoms with Crippen molar-refractivity contribution in [3.05, 3.63) is 18.2 Å². The zero-order chi connectivity index (χ0) is 14.4. The van der Waals surface area contributed by atoms with Crippen molar-refractivity contribution in [2.24, 2.45) is 11.8 Å². The molecule has 19 heavy (non-hydrogen) atoms. The Morgan fingerprint density at radius 2 is 1.95 bits per heavy atom. The maximum atomic E-state index is 9.17. The van der Waals surface area contributed by atoms with E-state index in [1.807, 2.05) is 30.1 Å². The third-order valence-corrected chi connectivity index (χ3v) is 3.24. The van der Waals surface area contributed by atoms with Crippen LogP contribution in [0.25, 0.3) is 0 Å². The number of hydrogen-bond donors (Lipinski definition) is 0. The minimum atomic E-state index is -0.00296. The number of hydrogen-bond acceptors (Lipinski definition) is 4. The van der Waals surface area contributed by atoms with Crippen molar-refractivity contribution >= 4 is 5.69 Å². The smallest absolute Gasteiger partial charge is 0.145 e. The van der Waals surface area contributed by atoms with Crippen molar-refractivity contribution in [3.63, 3.8) is 0 Å². The van der Waals surface area contributed by atoms with Crippen LogP contribution in [0.15, 0.2) is 18.2 Å². The highest BCUT2D eigenvalue weighted by atomic mass is 16.5. The SMILES string of the molecule is COc1ccc(N(C)CC(C#N)C(C)C)c(OC)c1. The minimum absolute atomic E-state index is 0.00296. The maximum Gasteiger partial charge on any atom is 0.145 e. The van der Waals surface area contributed by atoms with Crippen LogP contribution in [0.3, 0.4) is 0 Å². The summed E-state index contributed by atoms with van der Waals surface area (Å²) in [6.45, 7) is 4.80. The molecule has 1 aromatic carbocycles. The molecule has 0 bridgehead atoms. The topological polar surface area (TPSA) is 45.5 Å². The fourth-order valence-corrected chi connectivity index (χ4v) is 1.89. The van der Waals surface area contributed by atoms with Crippen LogP contribution in [0, 0.1) is 23.2 Å². The molecule has 4 nitrogen and oxygen atoms in total. The molecule has 0 aromatic heterocycles. The summed E-state index contributed by atoms with van der Waals surface area (Å²) in [7, 11) is 5.23. The van der Waals surface area contributed by atoms with Gasteiger partial charge in [0.25, 0.3) is 0 Å². The van der Waals surface area contributed by atoms with E-state index >= 15 is 0 Å². The van der Waals surface area contributed by atoms with Gasteiger partial charge in [0.05, 0.1) is 31.9 Å². The Balaban J connectivity index is 2.93. The standard InChI is InChI=1S/C15H22N2O2/c1-11(2)12(9-16)10-17(3)14-7-6-13(18-4)8-15(14)19-5/h6-8,11-12H,10H2,1-5H3. The first-order chi connectivity index (χ1) is 9.03. The lowest BCUT2D eigenvalue weighted by molar-refractivity contribution is 0.393. The molecule has 0 radical (unpaired) electrons. The van der Waals surface area contributed by atoms with Gasteiger partial charge in [-0.25, -0.2) is 0 Å². The van der Waals surface area contributed by atoms with Crippen molar-refractivity contribution in [2.75, 3.05) is 32.7 Å². The number of methoxy groups -OCH3 is 2. The molecule has 0 aliphatic rings. The molecular formula is C15H22N2O2. The van der Waals surface area contributed by atoms with Gasteiger partial charge in [-0.15, -0.1) is 0 Å². The van der Waals surface area contributed by atoms with Gasteiger partial charge in [0.1, 0.15) is 11.5 Å². The summed E-state index contributed by atoms with van der Waals surface area (Å²) in [4.78, 5) is 2.05. The van der Waals surface area contributed by atoms with Crippen LogP contribution in [0.5, 0.6) is 11.5 Å². The highest BCUT2D eigenvalue weighted by Gasteiger charge is 2.17. The first-order valence-electron chi connectivity index (χ1n) is 6.36. The summed E-state index contributed by atoms with van der Waals surface area (Å²) < 4.78 is 10.6. The minimum Gasteiger partial charge on any atom is -0.497 e. The van der Waals surface area contributed by atoms with Crippen LogP contribution < -0.4 is 14.4 Å². The first-order valence-corrected chi connectivity index (χ1v) is 6.36. The Hall–Kier alpha value is -1.89. The highest BCUT2D eigenvalue weighted by Crippen LogP contribution is 2.32. The molecule has 0 saturated carbocycles. The molecule has 0 aliphatic heterocycles. The predicted octanol–water partition coefficient (Wildman–Crippen LogP) is 2.94. The van der Waals surface area contributed by atoms with Crippen LogP contribution in [0.2, 0.25) is 0 Å². The molecule has 0 spiro atoms. The van der Waals surface area contributed by atoms with Crippen molar-refractivity contribution < 1.29 is 9.47 Å². The van der Waals surface area contributed by atoms with E-state index in [9.17, 15) is 5.26 Å². The number of benzene rings is 1. The maximum absolute atomic E-state index is 9.17. The van der Waals surface area contributed by atoms with Gasteiger partial charge in [-0.3, -0.25) is 0 Å². The Kier molecular flexibility index (Phi) is 5.50. The monoisotopic (exact) mass is 262 g/mol. The highest BCUT2D eigenvalue weighted by molar-refractivity contribution is 5.60. The van der Waals surface area contributed by atoms with E-state index in [2.05, 4.69) is 19.9 Å². The van der Waals surface area contributed by atoms with Gasteiger partial charge in [-0.2, -0.15) is 5.26 Å². The predicted molar refractivity (Wildman–Crippen MR) is 76.8 cm³/mol. The van der Waals surface area contributed by atoms with E-state index in [1.54, 1.807) is 14.2 Å². The van der Waals surface area contributed by atoms with Gasteiger partial charge in [0, 0.05) is 19.7 Å². The second-order valence-corrected chi connectivity index (χ2v) is 4.90. The van der Waals surface area contributed by atoms with Crippen LogP contribution >= 0.6 is 0 Å². The lowest BCUT2D eigenvalue weighted by Crippen LogP contribution is -2.27. The fraction of sp³-hybridized carbons (Fsp3) is 0.533. The van der Waals surface area contributed by atoms with E-state index < -0.39 is 0 Å². The largest absolute Gasteiger partial charge is 0.497 e. The normalized spacial score (nSPS) is 11.8. The van der Waals surface area contributed by atoms with Crippen molar-refractivity contribution in [3.8, 4) is 17.6 Å². The van der Waals surface area contributed by atoms with Gasteiger partial charge < -0.3 is 14.4 Å². The zero-order valence-electron chi connectivity index (χ0n) is 12.3. The second-order valence-electron chi connectivity index (χ2n) is 4.90. The molecule has 1 unspecified atom stereocenters. The van der Waals surface area contributed by atoms with Gasteiger partial charge in [0.2, 0.25) is 0 Å². The molecule has 1 aromatic rings. The van der Waals surface area contributed by atoms with Crippen molar-refractivity contribution in [2.45, 2.75) is 13.8 Å². The second kappa shape index (κ2) is 6.89. The molecule has 1 rings (SSSR count). The summed E-state index contributed by atoms with van der Waals surface area (Å²) in [5.41, 5.74) is 0.962. The van der Waals surface area contributed by atoms with Crippen molar-refractivity contribution in [1.82, 2.24) is 0 Å². The molecule has 4 heteroatoms. The number of anilines is 1. The van der Waals surface area contributed by atoms with Gasteiger partial charge >= 0.3 is 0 Å². The van der Waals surface area contributed by atoms with Gasteiger partial charge in [-0.05, 0) is 18.1 Å². The van der Waals surface area contributed by atoms with E-state index in [0.29, 0.717) is 12.5 Å². The number of rotatable bonds is 6. The molecule has 0 fully saturated rings. The summed E-state index contributed by atoms with van der Waals surface area (Å²) in [6, 6.07) is 8.05. The molecule has 0 N–H and O–H groups in total. The zero-order valence-corrected chi connectivity index (χ0v) is 12.3. The fourth-order valence-electron chi connectivity index (χ4n) is 1.89. The van der Waals surface area contributed by atoms with Crippen molar-refractivity contribution in [1.29, 1.82) is 5.26 Å². The molecule has 0 amide bonds. The summed E-state index contributed by atoms with van der Waals surface area (Å²) in [6.07, 6.45) is 0. The Bertz CT molecular complexity index is 452. The number of nitrogens with zero attached hydrogens (tertiary/aromatic N) is 2. The third-order valence-electron chi connectivity index (χ3n) is 3.24. The quantitative estimate of drug-likeness (QED) is 0.790. The number of nitriles is 1. The molecule has 0 saturated heterocycles. The summed E-state index contributed by atoms with van der Waals surface area (Å²) >= 11 is 0. The summed E-state index contributed by atoms with van der Waals surface area (Å²) in [5.74, 6) is 1.84. The Labute approximate surface area is 115 Å². The van der Waals surface area contributed by atoms with E-state index in [0.717, 1.165) is 17.2 Å². The Morgan fingerprint density at radius 3 is 2.42 bits per heavy atom. The average Bonchev–Trinajstić information content (AvgIpc) is 2.43. The van der Waals surface area contributed by atoms with Crippen LogP contribution in [0.1, 0.15) is 13.8 Å². The van der Waals surface area contributed by atoms with E-state index in [-0.39, 0.29) is 5.92 Å². The van der Waals surface area contributed by atoms with Gasteiger partial charge in [0.15, 0.2) is 0 Å². The molecular weight excluding hydrogens is 240 g/mol. The summed E-state index contributed by atoms with van der Waals surface area (Å²) in [5, 5.41) is 9.17. The first kappa shape index (κ1) is 15.2. The lowest BCUT2D eigenvalue weighted by atomic mass is 9.97. The molecule has 1 atom stereocenters. The average molecular weight is 262 g/mol.